The molecule has 1 aromatic carbocycles. The third kappa shape index (κ3) is 3.56. The molecule has 1 nitrogen and oxygen atoms in total. The van der Waals surface area contributed by atoms with Crippen LogP contribution in [0.1, 0.15) is 35.2 Å². The van der Waals surface area contributed by atoms with Crippen molar-refractivity contribution in [3.8, 4) is 0 Å². The number of hydrogen-bond donors (Lipinski definition) is 1. The van der Waals surface area contributed by atoms with Crippen LogP contribution in [0.25, 0.3) is 0 Å². The van der Waals surface area contributed by atoms with Gasteiger partial charge in [0.25, 0.3) is 0 Å². The number of thiophene rings is 1. The van der Waals surface area contributed by atoms with Gasteiger partial charge in [0.05, 0.1) is 4.34 Å². The van der Waals surface area contributed by atoms with Crippen LogP contribution in [0.3, 0.4) is 0 Å². The summed E-state index contributed by atoms with van der Waals surface area (Å²) in [5, 5.41) is 5.48. The Morgan fingerprint density at radius 3 is 2.42 bits per heavy atom. The average molecular weight is 298 g/mol. The van der Waals surface area contributed by atoms with Gasteiger partial charge in [0.1, 0.15) is 5.82 Å². The lowest BCUT2D eigenvalue weighted by molar-refractivity contribution is 0.572. The van der Waals surface area contributed by atoms with Crippen molar-refractivity contribution in [2.45, 2.75) is 33.4 Å². The van der Waals surface area contributed by atoms with Gasteiger partial charge in [-0.25, -0.2) is 4.39 Å². The monoisotopic (exact) mass is 297 g/mol. The minimum absolute atomic E-state index is 0.110. The first-order valence-corrected chi connectivity index (χ1v) is 7.46. The molecule has 1 N–H and O–H groups in total. The first kappa shape index (κ1) is 14.5. The molecule has 0 radical (unpaired) electrons. The van der Waals surface area contributed by atoms with E-state index in [1.807, 2.05) is 18.2 Å². The molecule has 0 aliphatic carbocycles. The Kier molecular flexibility index (Phi) is 4.61. The van der Waals surface area contributed by atoms with Gasteiger partial charge in [-0.2, -0.15) is 0 Å². The Bertz CT molecular complexity index is 556. The molecule has 1 unspecified atom stereocenters. The number of nitrogens with one attached hydrogen (secondary N) is 1. The van der Waals surface area contributed by atoms with Crippen LogP contribution in [0.2, 0.25) is 4.34 Å². The van der Waals surface area contributed by atoms with E-state index in [0.29, 0.717) is 11.1 Å². The highest BCUT2D eigenvalue weighted by Gasteiger charge is 2.09. The highest BCUT2D eigenvalue weighted by atomic mass is 35.5. The first-order valence-electron chi connectivity index (χ1n) is 6.20. The van der Waals surface area contributed by atoms with Gasteiger partial charge < -0.3 is 5.32 Å². The lowest BCUT2D eigenvalue weighted by Gasteiger charge is -2.13. The fourth-order valence-electron chi connectivity index (χ4n) is 2.08. The molecule has 1 heterocycles. The third-order valence-electron chi connectivity index (χ3n) is 3.20. The van der Waals surface area contributed by atoms with E-state index in [0.717, 1.165) is 16.4 Å². The summed E-state index contributed by atoms with van der Waals surface area (Å²) >= 11 is 7.47. The summed E-state index contributed by atoms with van der Waals surface area (Å²) in [6, 6.07) is 5.99. The van der Waals surface area contributed by atoms with Gasteiger partial charge in [0, 0.05) is 12.6 Å². The van der Waals surface area contributed by atoms with Gasteiger partial charge in [-0.3, -0.25) is 0 Å². The third-order valence-corrected chi connectivity index (χ3v) is 4.31. The summed E-state index contributed by atoms with van der Waals surface area (Å²) in [6.07, 6.45) is 0. The summed E-state index contributed by atoms with van der Waals surface area (Å²) < 4.78 is 14.3. The Morgan fingerprint density at radius 2 is 1.89 bits per heavy atom. The highest BCUT2D eigenvalue weighted by molar-refractivity contribution is 7.14. The molecule has 2 rings (SSSR count). The smallest absolute Gasteiger partial charge is 0.129 e. The van der Waals surface area contributed by atoms with E-state index in [2.05, 4.69) is 17.6 Å². The molecule has 19 heavy (non-hydrogen) atoms. The van der Waals surface area contributed by atoms with Crippen LogP contribution in [-0.4, -0.2) is 0 Å². The zero-order valence-corrected chi connectivity index (χ0v) is 12.8. The average Bonchev–Trinajstić information content (AvgIpc) is 2.79. The van der Waals surface area contributed by atoms with Crippen molar-refractivity contribution in [2.75, 3.05) is 0 Å². The summed E-state index contributed by atoms with van der Waals surface area (Å²) in [4.78, 5) is 0. The van der Waals surface area contributed by atoms with E-state index in [-0.39, 0.29) is 11.9 Å². The first-order chi connectivity index (χ1) is 8.97. The van der Waals surface area contributed by atoms with Gasteiger partial charge in [0.15, 0.2) is 0 Å². The highest BCUT2D eigenvalue weighted by Crippen LogP contribution is 2.25. The maximum atomic E-state index is 13.5. The predicted molar refractivity (Wildman–Crippen MR) is 80.5 cm³/mol. The number of hydrogen-bond acceptors (Lipinski definition) is 2. The van der Waals surface area contributed by atoms with Crippen LogP contribution >= 0.6 is 22.9 Å². The van der Waals surface area contributed by atoms with Gasteiger partial charge in [-0.1, -0.05) is 23.7 Å². The zero-order chi connectivity index (χ0) is 14.0. The fraction of sp³-hybridized carbons (Fsp3) is 0.333. The van der Waals surface area contributed by atoms with Crippen molar-refractivity contribution in [1.29, 1.82) is 0 Å². The van der Waals surface area contributed by atoms with E-state index in [1.165, 1.54) is 16.9 Å². The Labute approximate surface area is 122 Å². The van der Waals surface area contributed by atoms with E-state index < -0.39 is 0 Å². The second kappa shape index (κ2) is 6.04. The minimum Gasteiger partial charge on any atom is -0.306 e. The molecule has 4 heteroatoms. The molecule has 2 aromatic rings. The largest absolute Gasteiger partial charge is 0.306 e. The molecule has 0 spiro atoms. The number of halogens is 2. The fourth-order valence-corrected chi connectivity index (χ4v) is 3.06. The van der Waals surface area contributed by atoms with Crippen molar-refractivity contribution >= 4 is 22.9 Å². The van der Waals surface area contributed by atoms with Crippen LogP contribution in [-0.2, 0) is 6.54 Å². The molecule has 1 atom stereocenters. The van der Waals surface area contributed by atoms with Gasteiger partial charge in [-0.15, -0.1) is 11.3 Å². The maximum Gasteiger partial charge on any atom is 0.129 e. The Morgan fingerprint density at radius 1 is 1.26 bits per heavy atom. The van der Waals surface area contributed by atoms with E-state index in [9.17, 15) is 4.39 Å². The zero-order valence-electron chi connectivity index (χ0n) is 11.3. The molecule has 0 bridgehead atoms. The number of rotatable bonds is 4. The molecule has 0 saturated carbocycles. The van der Waals surface area contributed by atoms with Gasteiger partial charge >= 0.3 is 0 Å². The van der Waals surface area contributed by atoms with Crippen LogP contribution in [0, 0.1) is 19.7 Å². The minimum atomic E-state index is -0.110. The molecular weight excluding hydrogens is 281 g/mol. The molecule has 0 fully saturated rings. The Hall–Kier alpha value is -0.900. The van der Waals surface area contributed by atoms with Crippen molar-refractivity contribution in [3.05, 3.63) is 56.0 Å². The second-order valence-corrected chi connectivity index (χ2v) is 6.37. The molecule has 0 saturated heterocycles. The van der Waals surface area contributed by atoms with E-state index in [4.69, 9.17) is 11.6 Å². The summed E-state index contributed by atoms with van der Waals surface area (Å²) in [6.45, 7) is 6.42. The second-order valence-electron chi connectivity index (χ2n) is 4.83. The topological polar surface area (TPSA) is 12.0 Å². The summed E-state index contributed by atoms with van der Waals surface area (Å²) in [5.74, 6) is -0.110. The standard InChI is InChI=1S/C15H17ClFNS/c1-9-4-12(5-10(2)15(9)17)7-18-11(3)13-6-14(16)19-8-13/h4-6,8,11,18H,7H2,1-3H3. The number of aryl methyl sites for hydroxylation is 2. The van der Waals surface area contributed by atoms with Gasteiger partial charge in [-0.05, 0) is 54.5 Å². The SMILES string of the molecule is Cc1cc(CNC(C)c2csc(Cl)c2)cc(C)c1F. The molecule has 102 valence electrons. The summed E-state index contributed by atoms with van der Waals surface area (Å²) in [7, 11) is 0. The van der Waals surface area contributed by atoms with Crippen molar-refractivity contribution in [1.82, 2.24) is 5.32 Å². The molecule has 0 aliphatic rings. The van der Waals surface area contributed by atoms with Crippen LogP contribution in [0.4, 0.5) is 4.39 Å². The van der Waals surface area contributed by atoms with Crippen LogP contribution < -0.4 is 5.32 Å². The molecular formula is C15H17ClFNS. The van der Waals surface area contributed by atoms with Gasteiger partial charge in [0.2, 0.25) is 0 Å². The predicted octanol–water partition coefficient (Wildman–Crippen LogP) is 5.01. The molecule has 1 aromatic heterocycles. The number of benzene rings is 1. The lowest BCUT2D eigenvalue weighted by Crippen LogP contribution is -2.17. The van der Waals surface area contributed by atoms with Crippen molar-refractivity contribution in [2.24, 2.45) is 0 Å². The Balaban J connectivity index is 2.03. The van der Waals surface area contributed by atoms with Crippen LogP contribution in [0.15, 0.2) is 23.6 Å². The summed E-state index contributed by atoms with van der Waals surface area (Å²) in [5.41, 5.74) is 3.68. The molecule has 0 amide bonds. The molecule has 0 aliphatic heterocycles. The van der Waals surface area contributed by atoms with E-state index >= 15 is 0 Å². The lowest BCUT2D eigenvalue weighted by atomic mass is 10.1. The van der Waals surface area contributed by atoms with E-state index in [1.54, 1.807) is 13.8 Å². The quantitative estimate of drug-likeness (QED) is 0.836. The van der Waals surface area contributed by atoms with Crippen molar-refractivity contribution < 1.29 is 4.39 Å². The maximum absolute atomic E-state index is 13.5. The normalized spacial score (nSPS) is 12.7. The van der Waals surface area contributed by atoms with Crippen molar-refractivity contribution in [3.63, 3.8) is 0 Å². The van der Waals surface area contributed by atoms with Crippen LogP contribution in [0.5, 0.6) is 0 Å².